The Morgan fingerprint density at radius 1 is 1.30 bits per heavy atom. The maximum Gasteiger partial charge on any atom is 0.304 e. The monoisotopic (exact) mass is 451 g/mol. The molecule has 0 saturated heterocycles. The molecule has 0 bridgehead atoms. The van der Waals surface area contributed by atoms with Gasteiger partial charge >= 0.3 is 5.97 Å². The number of carbonyl (C=O) groups is 2. The van der Waals surface area contributed by atoms with E-state index in [1.54, 1.807) is 28.8 Å². The number of sulfone groups is 1. The first kappa shape index (κ1) is 20.8. The minimum Gasteiger partial charge on any atom is -0.481 e. The van der Waals surface area contributed by atoms with Crippen molar-refractivity contribution in [2.45, 2.75) is 37.9 Å². The number of benzene rings is 1. The highest BCUT2D eigenvalue weighted by atomic mass is 35.5. The summed E-state index contributed by atoms with van der Waals surface area (Å²) in [7, 11) is -3.83. The number of Topliss-reactive ketones (excluding diaryl/α,β-unsaturated/α-hetero) is 1. The number of alkyl halides is 1. The second-order valence-electron chi connectivity index (χ2n) is 7.70. The number of hydrogen-bond acceptors (Lipinski definition) is 4. The summed E-state index contributed by atoms with van der Waals surface area (Å²) in [4.78, 5) is 23.9. The average molecular weight is 452 g/mol. The molecule has 0 radical (unpaired) electrons. The van der Waals surface area contributed by atoms with Crippen molar-refractivity contribution < 1.29 is 27.5 Å². The minimum absolute atomic E-state index is 0.0716. The van der Waals surface area contributed by atoms with Crippen LogP contribution in [0.2, 0.25) is 5.02 Å². The molecular weight excluding hydrogens is 433 g/mol. The Kier molecular flexibility index (Phi) is 5.10. The van der Waals surface area contributed by atoms with E-state index in [4.69, 9.17) is 11.6 Å². The van der Waals surface area contributed by atoms with Crippen LogP contribution in [0.15, 0.2) is 30.3 Å². The van der Waals surface area contributed by atoms with E-state index in [0.29, 0.717) is 29.1 Å². The van der Waals surface area contributed by atoms with Crippen LogP contribution < -0.4 is 0 Å². The fourth-order valence-electron chi connectivity index (χ4n) is 4.46. The molecule has 2 aromatic rings. The van der Waals surface area contributed by atoms with Crippen LogP contribution in [0.1, 0.15) is 51.6 Å². The quantitative estimate of drug-likeness (QED) is 0.749. The van der Waals surface area contributed by atoms with E-state index in [2.05, 4.69) is 0 Å². The third-order valence-corrected chi connectivity index (χ3v) is 7.02. The van der Waals surface area contributed by atoms with Gasteiger partial charge in [0.15, 0.2) is 16.0 Å². The number of fused-ring (bicyclic) bond motifs is 3. The van der Waals surface area contributed by atoms with Gasteiger partial charge in [-0.05, 0) is 42.2 Å². The van der Waals surface area contributed by atoms with Gasteiger partial charge in [0.05, 0.1) is 22.6 Å². The van der Waals surface area contributed by atoms with Crippen molar-refractivity contribution in [1.29, 1.82) is 0 Å². The number of carboxylic acid groups (broad SMARTS) is 1. The first-order chi connectivity index (χ1) is 14.1. The molecule has 1 heterocycles. The third kappa shape index (κ3) is 3.48. The highest BCUT2D eigenvalue weighted by Crippen LogP contribution is 2.46. The van der Waals surface area contributed by atoms with Crippen LogP contribution in [-0.4, -0.2) is 42.3 Å². The molecule has 30 heavy (non-hydrogen) atoms. The summed E-state index contributed by atoms with van der Waals surface area (Å²) in [6.45, 7) is 0.210. The van der Waals surface area contributed by atoms with Gasteiger partial charge in [0, 0.05) is 29.4 Å². The van der Waals surface area contributed by atoms with Gasteiger partial charge in [-0.3, -0.25) is 9.59 Å². The molecule has 6 nitrogen and oxygen atoms in total. The lowest BCUT2D eigenvalue weighted by Gasteiger charge is -2.21. The molecule has 2 atom stereocenters. The average Bonchev–Trinajstić information content (AvgIpc) is 3.18. The van der Waals surface area contributed by atoms with Crippen molar-refractivity contribution in [3.63, 3.8) is 0 Å². The zero-order valence-corrected chi connectivity index (χ0v) is 17.6. The molecule has 4 rings (SSSR count). The molecular formula is C21H19ClFNO5S. The van der Waals surface area contributed by atoms with Gasteiger partial charge in [0.25, 0.3) is 0 Å². The molecule has 0 amide bonds. The zero-order valence-electron chi connectivity index (χ0n) is 16.1. The van der Waals surface area contributed by atoms with Crippen molar-refractivity contribution in [3.8, 4) is 0 Å². The van der Waals surface area contributed by atoms with E-state index in [0.717, 1.165) is 17.9 Å². The fourth-order valence-corrected chi connectivity index (χ4v) is 5.51. The number of nitrogens with zero attached hydrogens (tertiary/aromatic N) is 1. The van der Waals surface area contributed by atoms with Gasteiger partial charge in [-0.1, -0.05) is 23.7 Å². The fraction of sp³-hybridized carbons (Fsp3) is 0.333. The number of allylic oxidation sites excluding steroid dienone is 1. The Morgan fingerprint density at radius 3 is 2.57 bits per heavy atom. The molecule has 2 aliphatic carbocycles. The summed E-state index contributed by atoms with van der Waals surface area (Å²) in [6.07, 6.45) is 0.536. The van der Waals surface area contributed by atoms with Gasteiger partial charge in [-0.2, -0.15) is 0 Å². The molecule has 1 aromatic heterocycles. The number of aromatic nitrogens is 1. The van der Waals surface area contributed by atoms with Crippen LogP contribution in [0, 0.1) is 0 Å². The standard InChI is InChI=1S/C21H19ClFNO5S/c1-30(28,29)16-9-15(23)21(27)18-14-7-4-12(8-17(25)26)19(14)24(20(16)18)10-11-2-5-13(22)6-3-11/h2-3,5-6,9,12,15H,4,7-8,10H2,1H3,(H,25,26). The Bertz CT molecular complexity index is 1200. The Morgan fingerprint density at radius 2 is 1.97 bits per heavy atom. The number of aliphatic carboxylic acids is 1. The second kappa shape index (κ2) is 7.35. The van der Waals surface area contributed by atoms with Crippen LogP contribution in [0.25, 0.3) is 4.91 Å². The molecule has 158 valence electrons. The van der Waals surface area contributed by atoms with Crippen molar-refractivity contribution in [1.82, 2.24) is 4.57 Å². The molecule has 1 aromatic carbocycles. The Balaban J connectivity index is 1.98. The number of carbonyl (C=O) groups excluding carboxylic acids is 1. The molecule has 0 aliphatic heterocycles. The molecule has 2 aliphatic rings. The van der Waals surface area contributed by atoms with Crippen LogP contribution in [0.4, 0.5) is 4.39 Å². The maximum absolute atomic E-state index is 14.5. The summed E-state index contributed by atoms with van der Waals surface area (Å²) in [5.41, 5.74) is 2.19. The van der Waals surface area contributed by atoms with Crippen molar-refractivity contribution >= 4 is 38.1 Å². The van der Waals surface area contributed by atoms with E-state index in [1.165, 1.54) is 0 Å². The smallest absolute Gasteiger partial charge is 0.304 e. The predicted octanol–water partition coefficient (Wildman–Crippen LogP) is 3.61. The van der Waals surface area contributed by atoms with Crippen LogP contribution in [-0.2, 0) is 27.6 Å². The summed E-state index contributed by atoms with van der Waals surface area (Å²) >= 11 is 5.95. The van der Waals surface area contributed by atoms with E-state index in [-0.39, 0.29) is 35.0 Å². The van der Waals surface area contributed by atoms with Gasteiger partial charge in [-0.15, -0.1) is 0 Å². The van der Waals surface area contributed by atoms with Crippen molar-refractivity contribution in [2.24, 2.45) is 0 Å². The first-order valence-electron chi connectivity index (χ1n) is 9.40. The highest BCUT2D eigenvalue weighted by Gasteiger charge is 2.42. The number of rotatable bonds is 5. The van der Waals surface area contributed by atoms with Gasteiger partial charge in [-0.25, -0.2) is 12.8 Å². The largest absolute Gasteiger partial charge is 0.481 e. The Hall–Kier alpha value is -2.45. The SMILES string of the molecule is CS(=O)(=O)C1=CC(F)C(=O)c2c3c(n(Cc4ccc(Cl)cc4)c21)C(CC(=O)O)CC3. The predicted molar refractivity (Wildman–Crippen MR) is 110 cm³/mol. The van der Waals surface area contributed by atoms with Gasteiger partial charge in [0.2, 0.25) is 5.78 Å². The number of ketones is 1. The van der Waals surface area contributed by atoms with Crippen molar-refractivity contribution in [2.75, 3.05) is 6.26 Å². The number of halogens is 2. The molecule has 9 heteroatoms. The second-order valence-corrected chi connectivity index (χ2v) is 10.1. The molecule has 0 saturated carbocycles. The molecule has 2 unspecified atom stereocenters. The van der Waals surface area contributed by atoms with Crippen molar-refractivity contribution in [3.05, 3.63) is 63.4 Å². The first-order valence-corrected chi connectivity index (χ1v) is 11.7. The lowest BCUT2D eigenvalue weighted by molar-refractivity contribution is -0.137. The summed E-state index contributed by atoms with van der Waals surface area (Å²) < 4.78 is 41.1. The van der Waals surface area contributed by atoms with E-state index >= 15 is 0 Å². The van der Waals surface area contributed by atoms with Gasteiger partial charge < -0.3 is 9.67 Å². The lowest BCUT2D eigenvalue weighted by Crippen LogP contribution is -2.25. The van der Waals surface area contributed by atoms with Crippen LogP contribution in [0.5, 0.6) is 0 Å². The Labute approximate surface area is 177 Å². The van der Waals surface area contributed by atoms with E-state index in [1.807, 2.05) is 0 Å². The number of carboxylic acids is 1. The lowest BCUT2D eigenvalue weighted by atomic mass is 9.96. The molecule has 0 fully saturated rings. The molecule has 0 spiro atoms. The molecule has 1 N–H and O–H groups in total. The highest BCUT2D eigenvalue weighted by molar-refractivity contribution is 8.00. The summed E-state index contributed by atoms with van der Waals surface area (Å²) in [5.74, 6) is -2.15. The minimum atomic E-state index is -3.83. The third-order valence-electron chi connectivity index (χ3n) is 5.64. The van der Waals surface area contributed by atoms with Crippen LogP contribution >= 0.6 is 11.6 Å². The zero-order chi connectivity index (χ0) is 21.8. The summed E-state index contributed by atoms with van der Waals surface area (Å²) in [6, 6.07) is 6.93. The van der Waals surface area contributed by atoms with Crippen LogP contribution in [0.3, 0.4) is 0 Å². The summed E-state index contributed by atoms with van der Waals surface area (Å²) in [5, 5.41) is 9.87. The topological polar surface area (TPSA) is 93.4 Å². The van der Waals surface area contributed by atoms with E-state index < -0.39 is 27.8 Å². The van der Waals surface area contributed by atoms with Gasteiger partial charge in [0.1, 0.15) is 0 Å². The van der Waals surface area contributed by atoms with E-state index in [9.17, 15) is 27.5 Å². The normalized spacial score (nSPS) is 20.6. The number of hydrogen-bond donors (Lipinski definition) is 1. The maximum atomic E-state index is 14.5.